The normalized spacial score (nSPS) is 10.8. The van der Waals surface area contributed by atoms with Crippen molar-refractivity contribution in [1.82, 2.24) is 4.98 Å². The molecule has 0 saturated heterocycles. The molecule has 0 saturated carbocycles. The van der Waals surface area contributed by atoms with Crippen molar-refractivity contribution in [2.24, 2.45) is 5.10 Å². The second-order valence-electron chi connectivity index (χ2n) is 6.81. The molecule has 0 spiro atoms. The zero-order valence-electron chi connectivity index (χ0n) is 17.8. The topological polar surface area (TPSA) is 65.0 Å². The van der Waals surface area contributed by atoms with Gasteiger partial charge in [0.15, 0.2) is 0 Å². The van der Waals surface area contributed by atoms with Gasteiger partial charge in [-0.15, -0.1) is 11.3 Å². The van der Waals surface area contributed by atoms with Crippen molar-refractivity contribution in [3.8, 4) is 28.5 Å². The molecule has 1 heterocycles. The van der Waals surface area contributed by atoms with Gasteiger partial charge in [-0.05, 0) is 35.9 Å². The highest BCUT2D eigenvalue weighted by Gasteiger charge is 2.07. The summed E-state index contributed by atoms with van der Waals surface area (Å²) in [5.74, 6) is 2.23. The number of methoxy groups -OCH3 is 2. The smallest absolute Gasteiger partial charge is 0.203 e. The summed E-state index contributed by atoms with van der Waals surface area (Å²) in [6.07, 6.45) is 1.75. The lowest BCUT2D eigenvalue weighted by Gasteiger charge is -2.11. The van der Waals surface area contributed by atoms with Crippen LogP contribution in [-0.4, -0.2) is 25.4 Å². The highest BCUT2D eigenvalue weighted by molar-refractivity contribution is 7.14. The molecule has 0 amide bonds. The number of thiazole rings is 1. The molecule has 7 heteroatoms. The van der Waals surface area contributed by atoms with Crippen LogP contribution in [0.1, 0.15) is 11.1 Å². The third kappa shape index (κ3) is 5.44. The molecular weight excluding hydrogens is 422 g/mol. The summed E-state index contributed by atoms with van der Waals surface area (Å²) in [6.45, 7) is 0.359. The Kier molecular flexibility index (Phi) is 6.99. The van der Waals surface area contributed by atoms with Gasteiger partial charge in [-0.2, -0.15) is 5.10 Å². The molecule has 0 radical (unpaired) electrons. The molecule has 4 aromatic rings. The Hall–Kier alpha value is -3.84. The Balaban J connectivity index is 1.41. The number of hydrazone groups is 1. The van der Waals surface area contributed by atoms with Crippen molar-refractivity contribution in [3.63, 3.8) is 0 Å². The largest absolute Gasteiger partial charge is 0.497 e. The predicted molar refractivity (Wildman–Crippen MR) is 129 cm³/mol. The molecule has 1 aromatic heterocycles. The van der Waals surface area contributed by atoms with Gasteiger partial charge >= 0.3 is 0 Å². The highest BCUT2D eigenvalue weighted by atomic mass is 32.1. The molecule has 0 bridgehead atoms. The first-order chi connectivity index (χ1) is 15.7. The molecular formula is C25H23N3O3S. The average molecular weight is 446 g/mol. The molecule has 3 aromatic carbocycles. The maximum absolute atomic E-state index is 5.92. The maximum atomic E-state index is 5.92. The van der Waals surface area contributed by atoms with Crippen molar-refractivity contribution in [3.05, 3.63) is 89.3 Å². The minimum atomic E-state index is 0.359. The predicted octanol–water partition coefficient (Wildman–Crippen LogP) is 5.85. The summed E-state index contributed by atoms with van der Waals surface area (Å²) in [4.78, 5) is 4.58. The first-order valence-corrected chi connectivity index (χ1v) is 10.9. The van der Waals surface area contributed by atoms with Gasteiger partial charge in [-0.25, -0.2) is 4.98 Å². The Morgan fingerprint density at radius 3 is 2.59 bits per heavy atom. The van der Waals surface area contributed by atoms with E-state index in [1.54, 1.807) is 20.4 Å². The molecule has 0 aliphatic carbocycles. The minimum absolute atomic E-state index is 0.359. The van der Waals surface area contributed by atoms with Gasteiger partial charge in [0.25, 0.3) is 0 Å². The number of nitrogens with one attached hydrogen (secondary N) is 1. The number of hydrogen-bond acceptors (Lipinski definition) is 7. The third-order valence-electron chi connectivity index (χ3n) is 4.69. The fraction of sp³-hybridized carbons (Fsp3) is 0.120. The van der Waals surface area contributed by atoms with Gasteiger partial charge in [0.05, 0.1) is 26.1 Å². The van der Waals surface area contributed by atoms with Crippen LogP contribution in [0.5, 0.6) is 17.2 Å². The SMILES string of the molecule is COc1cccc(OCc2cc(C=NNc3nc(-c4ccccc4)cs3)ccc2OC)c1. The van der Waals surface area contributed by atoms with Crippen LogP contribution in [0.2, 0.25) is 0 Å². The summed E-state index contributed by atoms with van der Waals surface area (Å²) < 4.78 is 16.6. The van der Waals surface area contributed by atoms with E-state index in [1.165, 1.54) is 11.3 Å². The minimum Gasteiger partial charge on any atom is -0.497 e. The molecule has 0 aliphatic rings. The van der Waals surface area contributed by atoms with Crippen LogP contribution >= 0.6 is 11.3 Å². The number of anilines is 1. The third-order valence-corrected chi connectivity index (χ3v) is 5.43. The second-order valence-corrected chi connectivity index (χ2v) is 7.67. The lowest BCUT2D eigenvalue weighted by atomic mass is 10.1. The molecule has 4 rings (SSSR count). The molecule has 32 heavy (non-hydrogen) atoms. The summed E-state index contributed by atoms with van der Waals surface area (Å²) >= 11 is 1.51. The molecule has 1 N–H and O–H groups in total. The summed E-state index contributed by atoms with van der Waals surface area (Å²) in [6, 6.07) is 23.4. The average Bonchev–Trinajstić information content (AvgIpc) is 3.32. The van der Waals surface area contributed by atoms with Gasteiger partial charge in [0.1, 0.15) is 23.9 Å². The van der Waals surface area contributed by atoms with E-state index in [2.05, 4.69) is 15.5 Å². The number of benzene rings is 3. The van der Waals surface area contributed by atoms with E-state index in [1.807, 2.05) is 78.2 Å². The number of nitrogens with zero attached hydrogens (tertiary/aromatic N) is 2. The van der Waals surface area contributed by atoms with E-state index in [-0.39, 0.29) is 0 Å². The van der Waals surface area contributed by atoms with Gasteiger partial charge in [0, 0.05) is 22.6 Å². The zero-order chi connectivity index (χ0) is 22.2. The molecule has 0 atom stereocenters. The first kappa shape index (κ1) is 21.4. The van der Waals surface area contributed by atoms with E-state index >= 15 is 0 Å². The van der Waals surface area contributed by atoms with Gasteiger partial charge in [-0.1, -0.05) is 36.4 Å². The fourth-order valence-corrected chi connectivity index (χ4v) is 3.74. The second kappa shape index (κ2) is 10.5. The summed E-state index contributed by atoms with van der Waals surface area (Å²) in [7, 11) is 3.28. The fourth-order valence-electron chi connectivity index (χ4n) is 3.07. The van der Waals surface area contributed by atoms with Gasteiger partial charge in [-0.3, -0.25) is 5.43 Å². The van der Waals surface area contributed by atoms with Gasteiger partial charge in [0.2, 0.25) is 5.13 Å². The Bertz CT molecular complexity index is 1190. The number of ether oxygens (including phenoxy) is 3. The standard InChI is InChI=1S/C25H23N3O3S/c1-29-21-9-6-10-22(14-21)31-16-20-13-18(11-12-24(20)30-2)15-26-28-25-27-23(17-32-25)19-7-4-3-5-8-19/h3-15,17H,16H2,1-2H3,(H,27,28). The monoisotopic (exact) mass is 445 g/mol. The van der Waals surface area contributed by atoms with E-state index < -0.39 is 0 Å². The molecule has 6 nitrogen and oxygen atoms in total. The molecule has 0 fully saturated rings. The van der Waals surface area contributed by atoms with E-state index in [0.29, 0.717) is 6.61 Å². The van der Waals surface area contributed by atoms with Crippen LogP contribution in [0.3, 0.4) is 0 Å². The van der Waals surface area contributed by atoms with E-state index in [4.69, 9.17) is 14.2 Å². The van der Waals surface area contributed by atoms with Crippen molar-refractivity contribution < 1.29 is 14.2 Å². The zero-order valence-corrected chi connectivity index (χ0v) is 18.6. The number of aromatic nitrogens is 1. The Morgan fingerprint density at radius 1 is 0.938 bits per heavy atom. The van der Waals surface area contributed by atoms with Crippen molar-refractivity contribution in [2.75, 3.05) is 19.6 Å². The summed E-state index contributed by atoms with van der Waals surface area (Å²) in [5, 5.41) is 7.07. The van der Waals surface area contributed by atoms with Crippen LogP contribution < -0.4 is 19.6 Å². The molecule has 162 valence electrons. The molecule has 0 unspecified atom stereocenters. The van der Waals surface area contributed by atoms with Crippen LogP contribution in [-0.2, 0) is 6.61 Å². The van der Waals surface area contributed by atoms with Crippen molar-refractivity contribution in [2.45, 2.75) is 6.61 Å². The van der Waals surface area contributed by atoms with E-state index in [9.17, 15) is 0 Å². The van der Waals surface area contributed by atoms with Crippen LogP contribution in [0.25, 0.3) is 11.3 Å². The lowest BCUT2D eigenvalue weighted by Crippen LogP contribution is -2.00. The Labute approximate surface area is 191 Å². The van der Waals surface area contributed by atoms with Crippen LogP contribution in [0.4, 0.5) is 5.13 Å². The quantitative estimate of drug-likeness (QED) is 0.258. The molecule has 0 aliphatic heterocycles. The number of rotatable bonds is 9. The maximum Gasteiger partial charge on any atom is 0.203 e. The summed E-state index contributed by atoms with van der Waals surface area (Å²) in [5.41, 5.74) is 6.84. The Morgan fingerprint density at radius 2 is 1.78 bits per heavy atom. The van der Waals surface area contributed by atoms with Crippen LogP contribution in [0, 0.1) is 0 Å². The van der Waals surface area contributed by atoms with Crippen molar-refractivity contribution in [1.29, 1.82) is 0 Å². The van der Waals surface area contributed by atoms with E-state index in [0.717, 1.165) is 44.8 Å². The highest BCUT2D eigenvalue weighted by Crippen LogP contribution is 2.25. The first-order valence-electron chi connectivity index (χ1n) is 9.99. The van der Waals surface area contributed by atoms with Crippen molar-refractivity contribution >= 4 is 22.7 Å². The van der Waals surface area contributed by atoms with Gasteiger partial charge < -0.3 is 14.2 Å². The number of hydrogen-bond donors (Lipinski definition) is 1. The van der Waals surface area contributed by atoms with Crippen LogP contribution in [0.15, 0.2) is 83.3 Å². The lowest BCUT2D eigenvalue weighted by molar-refractivity contribution is 0.294.